The first-order valence-corrected chi connectivity index (χ1v) is 6.26. The quantitative estimate of drug-likeness (QED) is 0.675. The van der Waals surface area contributed by atoms with Gasteiger partial charge in [0.1, 0.15) is 5.82 Å². The van der Waals surface area contributed by atoms with Crippen molar-refractivity contribution in [3.05, 3.63) is 42.0 Å². The van der Waals surface area contributed by atoms with Crippen molar-refractivity contribution in [2.24, 2.45) is 0 Å². The summed E-state index contributed by atoms with van der Waals surface area (Å²) in [6, 6.07) is 5.11. The van der Waals surface area contributed by atoms with Crippen LogP contribution in [0, 0.1) is 0 Å². The van der Waals surface area contributed by atoms with E-state index in [1.165, 1.54) is 0 Å². The van der Waals surface area contributed by atoms with Crippen LogP contribution in [-0.2, 0) is 11.2 Å². The summed E-state index contributed by atoms with van der Waals surface area (Å²) < 4.78 is 6.88. The lowest BCUT2D eigenvalue weighted by Crippen LogP contribution is -2.08. The Balaban J connectivity index is 2.45. The highest BCUT2D eigenvalue weighted by Gasteiger charge is 2.12. The van der Waals surface area contributed by atoms with Gasteiger partial charge in [-0.25, -0.2) is 9.78 Å². The Morgan fingerprint density at radius 3 is 2.89 bits per heavy atom. The molecule has 0 bridgehead atoms. The Morgan fingerprint density at radius 2 is 2.21 bits per heavy atom. The number of hydrogen-bond donors (Lipinski definition) is 1. The Labute approximate surface area is 112 Å². The molecule has 5 heteroatoms. The molecule has 1 aromatic carbocycles. The van der Waals surface area contributed by atoms with Crippen molar-refractivity contribution in [1.82, 2.24) is 9.55 Å². The first-order chi connectivity index (χ1) is 9.17. The summed E-state index contributed by atoms with van der Waals surface area (Å²) in [5.41, 5.74) is 7.81. The van der Waals surface area contributed by atoms with Crippen molar-refractivity contribution in [3.63, 3.8) is 0 Å². The number of esters is 1. The second-order valence-corrected chi connectivity index (χ2v) is 4.06. The van der Waals surface area contributed by atoms with Crippen LogP contribution in [0.3, 0.4) is 0 Å². The second-order valence-electron chi connectivity index (χ2n) is 4.06. The smallest absolute Gasteiger partial charge is 0.338 e. The molecule has 1 heterocycles. The Kier molecular flexibility index (Phi) is 3.85. The van der Waals surface area contributed by atoms with Crippen molar-refractivity contribution in [1.29, 1.82) is 0 Å². The molecular formula is C14H17N3O2. The van der Waals surface area contributed by atoms with E-state index in [0.29, 0.717) is 17.9 Å². The molecule has 0 aliphatic rings. The molecule has 0 atom stereocenters. The molecule has 100 valence electrons. The fraction of sp³-hybridized carbons (Fsp3) is 0.286. The molecule has 5 nitrogen and oxygen atoms in total. The Bertz CT molecular complexity index is 590. The zero-order chi connectivity index (χ0) is 13.8. The number of carbonyl (C=O) groups is 1. The molecule has 0 aliphatic carbocycles. The maximum absolute atomic E-state index is 11.7. The van der Waals surface area contributed by atoms with Gasteiger partial charge in [0.05, 0.1) is 23.5 Å². The van der Waals surface area contributed by atoms with E-state index in [0.717, 1.165) is 17.9 Å². The van der Waals surface area contributed by atoms with Crippen LogP contribution in [0.4, 0.5) is 5.69 Å². The molecule has 1 aromatic heterocycles. The molecule has 0 unspecified atom stereocenters. The molecule has 0 amide bonds. The van der Waals surface area contributed by atoms with E-state index < -0.39 is 0 Å². The van der Waals surface area contributed by atoms with Gasteiger partial charge in [0.2, 0.25) is 0 Å². The van der Waals surface area contributed by atoms with Crippen molar-refractivity contribution in [3.8, 4) is 5.69 Å². The molecule has 19 heavy (non-hydrogen) atoms. The van der Waals surface area contributed by atoms with Crippen LogP contribution in [0.15, 0.2) is 30.6 Å². The van der Waals surface area contributed by atoms with Gasteiger partial charge in [0, 0.05) is 18.8 Å². The fourth-order valence-corrected chi connectivity index (χ4v) is 1.91. The number of hydrogen-bond acceptors (Lipinski definition) is 4. The normalized spacial score (nSPS) is 10.4. The number of aryl methyl sites for hydroxylation is 1. The van der Waals surface area contributed by atoms with Gasteiger partial charge >= 0.3 is 5.97 Å². The molecule has 0 saturated carbocycles. The number of benzene rings is 1. The minimum absolute atomic E-state index is 0.345. The third-order valence-electron chi connectivity index (χ3n) is 2.83. The lowest BCUT2D eigenvalue weighted by Gasteiger charge is -2.11. The highest BCUT2D eigenvalue weighted by Crippen LogP contribution is 2.21. The van der Waals surface area contributed by atoms with Gasteiger partial charge in [0.15, 0.2) is 0 Å². The Hall–Kier alpha value is -2.30. The van der Waals surface area contributed by atoms with E-state index in [9.17, 15) is 4.79 Å². The van der Waals surface area contributed by atoms with Crippen LogP contribution in [0.5, 0.6) is 0 Å². The number of ether oxygens (including phenoxy) is 1. The van der Waals surface area contributed by atoms with Crippen molar-refractivity contribution >= 4 is 11.7 Å². The van der Waals surface area contributed by atoms with E-state index in [-0.39, 0.29) is 5.97 Å². The number of nitrogen functional groups attached to an aromatic ring is 1. The third-order valence-corrected chi connectivity index (χ3v) is 2.83. The lowest BCUT2D eigenvalue weighted by molar-refractivity contribution is 0.0526. The monoisotopic (exact) mass is 259 g/mol. The SMILES string of the molecule is CCOC(=O)c1ccc(N)c(-n2ccnc2CC)c1. The maximum Gasteiger partial charge on any atom is 0.338 e. The topological polar surface area (TPSA) is 70.1 Å². The number of rotatable bonds is 4. The van der Waals surface area contributed by atoms with E-state index in [1.54, 1.807) is 31.3 Å². The lowest BCUT2D eigenvalue weighted by atomic mass is 10.1. The van der Waals surface area contributed by atoms with Crippen LogP contribution in [0.1, 0.15) is 30.0 Å². The van der Waals surface area contributed by atoms with Gasteiger partial charge in [-0.2, -0.15) is 0 Å². The van der Waals surface area contributed by atoms with Gasteiger partial charge in [-0.05, 0) is 25.1 Å². The molecule has 0 saturated heterocycles. The van der Waals surface area contributed by atoms with Gasteiger partial charge in [-0.1, -0.05) is 6.92 Å². The van der Waals surface area contributed by atoms with Crippen LogP contribution >= 0.6 is 0 Å². The summed E-state index contributed by atoms with van der Waals surface area (Å²) in [7, 11) is 0. The summed E-state index contributed by atoms with van der Waals surface area (Å²) in [5.74, 6) is 0.551. The molecule has 0 radical (unpaired) electrons. The number of nitrogens with zero attached hydrogens (tertiary/aromatic N) is 2. The average molecular weight is 259 g/mol. The van der Waals surface area contributed by atoms with Gasteiger partial charge in [-0.3, -0.25) is 0 Å². The Morgan fingerprint density at radius 1 is 1.42 bits per heavy atom. The largest absolute Gasteiger partial charge is 0.462 e. The summed E-state index contributed by atoms with van der Waals surface area (Å²) in [6.45, 7) is 4.15. The number of anilines is 1. The fourth-order valence-electron chi connectivity index (χ4n) is 1.91. The maximum atomic E-state index is 11.7. The van der Waals surface area contributed by atoms with Crippen LogP contribution in [0.2, 0.25) is 0 Å². The summed E-state index contributed by atoms with van der Waals surface area (Å²) >= 11 is 0. The van der Waals surface area contributed by atoms with Crippen molar-refractivity contribution < 1.29 is 9.53 Å². The molecule has 0 aliphatic heterocycles. The van der Waals surface area contributed by atoms with Gasteiger partial charge in [0.25, 0.3) is 0 Å². The van der Waals surface area contributed by atoms with Crippen molar-refractivity contribution in [2.75, 3.05) is 12.3 Å². The summed E-state index contributed by atoms with van der Waals surface area (Å²) in [6.07, 6.45) is 4.34. The van der Waals surface area contributed by atoms with Crippen LogP contribution in [0.25, 0.3) is 5.69 Å². The van der Waals surface area contributed by atoms with E-state index in [4.69, 9.17) is 10.5 Å². The first-order valence-electron chi connectivity index (χ1n) is 6.26. The molecular weight excluding hydrogens is 242 g/mol. The molecule has 0 spiro atoms. The minimum atomic E-state index is -0.345. The summed E-state index contributed by atoms with van der Waals surface area (Å²) in [4.78, 5) is 16.0. The van der Waals surface area contributed by atoms with E-state index in [1.807, 2.05) is 17.7 Å². The van der Waals surface area contributed by atoms with Gasteiger partial charge < -0.3 is 15.0 Å². The highest BCUT2D eigenvalue weighted by molar-refractivity contribution is 5.91. The number of carbonyl (C=O) groups excluding carboxylic acids is 1. The molecule has 2 N–H and O–H groups in total. The summed E-state index contributed by atoms with van der Waals surface area (Å²) in [5, 5.41) is 0. The predicted molar refractivity (Wildman–Crippen MR) is 73.3 cm³/mol. The van der Waals surface area contributed by atoms with Crippen LogP contribution < -0.4 is 5.73 Å². The number of imidazole rings is 1. The zero-order valence-electron chi connectivity index (χ0n) is 11.1. The minimum Gasteiger partial charge on any atom is -0.462 e. The first kappa shape index (κ1) is 13.1. The standard InChI is InChI=1S/C14H17N3O2/c1-3-13-16-7-8-17(13)12-9-10(5-6-11(12)15)14(18)19-4-2/h5-9H,3-4,15H2,1-2H3. The van der Waals surface area contributed by atoms with Gasteiger partial charge in [-0.15, -0.1) is 0 Å². The van der Waals surface area contributed by atoms with Crippen molar-refractivity contribution in [2.45, 2.75) is 20.3 Å². The molecule has 2 aromatic rings. The number of nitrogens with two attached hydrogens (primary N) is 1. The molecule has 0 fully saturated rings. The zero-order valence-corrected chi connectivity index (χ0v) is 11.1. The van der Waals surface area contributed by atoms with E-state index >= 15 is 0 Å². The number of aromatic nitrogens is 2. The highest BCUT2D eigenvalue weighted by atomic mass is 16.5. The van der Waals surface area contributed by atoms with E-state index in [2.05, 4.69) is 4.98 Å². The molecule has 2 rings (SSSR count). The second kappa shape index (κ2) is 5.56. The third kappa shape index (κ3) is 2.59. The van der Waals surface area contributed by atoms with Crippen LogP contribution in [-0.4, -0.2) is 22.1 Å². The predicted octanol–water partition coefficient (Wildman–Crippen LogP) is 2.19. The average Bonchev–Trinajstić information content (AvgIpc) is 2.87.